The van der Waals surface area contributed by atoms with Gasteiger partial charge in [0, 0.05) is 12.6 Å². The maximum Gasteiger partial charge on any atom is 0.404 e. The third kappa shape index (κ3) is 3.58. The van der Waals surface area contributed by atoms with Crippen LogP contribution in [0.5, 0.6) is 0 Å². The fraction of sp³-hybridized carbons (Fsp3) is 1.00. The summed E-state index contributed by atoms with van der Waals surface area (Å²) in [5.41, 5.74) is 5.32. The summed E-state index contributed by atoms with van der Waals surface area (Å²) in [6.45, 7) is 6.55. The zero-order chi connectivity index (χ0) is 13.2. The van der Waals surface area contributed by atoms with E-state index in [2.05, 4.69) is 0 Å². The van der Waals surface area contributed by atoms with Crippen molar-refractivity contribution in [2.24, 2.45) is 17.6 Å². The molecule has 2 N–H and O–H groups in total. The van der Waals surface area contributed by atoms with E-state index >= 15 is 0 Å². The van der Waals surface area contributed by atoms with Crippen LogP contribution < -0.4 is 5.73 Å². The summed E-state index contributed by atoms with van der Waals surface area (Å²) in [7, 11) is 0. The minimum Gasteiger partial charge on any atom is -0.330 e. The molecule has 0 spiro atoms. The van der Waals surface area contributed by atoms with E-state index in [0.717, 1.165) is 6.42 Å². The van der Waals surface area contributed by atoms with Crippen molar-refractivity contribution in [3.63, 3.8) is 0 Å². The lowest BCUT2D eigenvalue weighted by Crippen LogP contribution is -2.56. The highest BCUT2D eigenvalue weighted by molar-refractivity contribution is 4.89. The number of rotatable bonds is 3. The molecule has 1 heterocycles. The smallest absolute Gasteiger partial charge is 0.330 e. The maximum absolute atomic E-state index is 13.0. The molecule has 0 aromatic carbocycles. The predicted octanol–water partition coefficient (Wildman–Crippen LogP) is 2.63. The van der Waals surface area contributed by atoms with E-state index in [9.17, 15) is 13.2 Å². The highest BCUT2D eigenvalue weighted by atomic mass is 19.4. The Morgan fingerprint density at radius 1 is 1.29 bits per heavy atom. The third-order valence-corrected chi connectivity index (χ3v) is 3.86. The predicted molar refractivity (Wildman–Crippen MR) is 62.6 cm³/mol. The van der Waals surface area contributed by atoms with Crippen LogP contribution in [0.3, 0.4) is 0 Å². The number of hydrogen-bond donors (Lipinski definition) is 1. The van der Waals surface area contributed by atoms with Crippen LogP contribution in [0.4, 0.5) is 13.2 Å². The fourth-order valence-electron chi connectivity index (χ4n) is 2.85. The lowest BCUT2D eigenvalue weighted by atomic mass is 9.84. The van der Waals surface area contributed by atoms with E-state index < -0.39 is 12.2 Å². The summed E-state index contributed by atoms with van der Waals surface area (Å²) >= 11 is 0. The second-order valence-electron chi connectivity index (χ2n) is 5.39. The number of piperidine rings is 1. The molecule has 0 aromatic heterocycles. The molecular formula is C12H23F3N2. The number of halogens is 3. The van der Waals surface area contributed by atoms with E-state index in [1.54, 1.807) is 4.90 Å². The van der Waals surface area contributed by atoms with Gasteiger partial charge in [-0.2, -0.15) is 13.2 Å². The number of nitrogens with zero attached hydrogens (tertiary/aromatic N) is 1. The summed E-state index contributed by atoms with van der Waals surface area (Å²) < 4.78 is 39.1. The van der Waals surface area contributed by atoms with E-state index in [4.69, 9.17) is 5.73 Å². The standard InChI is InChI=1S/C12H23F3N2/c1-8-6-9(2)10(3)17(7-8)11(4-5-16)12(13,14)15/h8-11H,4-7,16H2,1-3H3. The molecule has 0 radical (unpaired) electrons. The van der Waals surface area contributed by atoms with Gasteiger partial charge in [-0.1, -0.05) is 13.8 Å². The molecule has 0 saturated carbocycles. The molecule has 1 rings (SSSR count). The number of nitrogens with two attached hydrogens (primary N) is 1. The van der Waals surface area contributed by atoms with Crippen LogP contribution in [0.25, 0.3) is 0 Å². The van der Waals surface area contributed by atoms with Crippen LogP contribution in [0, 0.1) is 11.8 Å². The minimum atomic E-state index is -4.18. The maximum atomic E-state index is 13.0. The number of likely N-dealkylation sites (tertiary alicyclic amines) is 1. The first-order chi connectivity index (χ1) is 7.77. The zero-order valence-electron chi connectivity index (χ0n) is 10.8. The Labute approximate surface area is 101 Å². The SMILES string of the molecule is CC1CC(C)C(C)N(C(CCN)C(F)(F)F)C1. The molecule has 1 aliphatic heterocycles. The van der Waals surface area contributed by atoms with Gasteiger partial charge in [0.1, 0.15) is 6.04 Å². The summed E-state index contributed by atoms with van der Waals surface area (Å²) in [6.07, 6.45) is -3.18. The highest BCUT2D eigenvalue weighted by Crippen LogP contribution is 2.35. The van der Waals surface area contributed by atoms with Crippen molar-refractivity contribution < 1.29 is 13.2 Å². The molecule has 0 aliphatic carbocycles. The molecule has 0 aromatic rings. The summed E-state index contributed by atoms with van der Waals surface area (Å²) in [5, 5.41) is 0. The third-order valence-electron chi connectivity index (χ3n) is 3.86. The van der Waals surface area contributed by atoms with Crippen molar-refractivity contribution in [2.45, 2.75) is 51.9 Å². The van der Waals surface area contributed by atoms with Gasteiger partial charge >= 0.3 is 6.18 Å². The lowest BCUT2D eigenvalue weighted by molar-refractivity contribution is -0.198. The molecule has 102 valence electrons. The van der Waals surface area contributed by atoms with E-state index in [1.165, 1.54) is 0 Å². The zero-order valence-corrected chi connectivity index (χ0v) is 10.8. The van der Waals surface area contributed by atoms with Crippen LogP contribution in [-0.4, -0.2) is 36.2 Å². The van der Waals surface area contributed by atoms with Crippen LogP contribution in [0.2, 0.25) is 0 Å². The molecule has 1 fully saturated rings. The van der Waals surface area contributed by atoms with Crippen LogP contribution >= 0.6 is 0 Å². The first kappa shape index (κ1) is 14.8. The van der Waals surface area contributed by atoms with Crippen molar-refractivity contribution >= 4 is 0 Å². The lowest BCUT2D eigenvalue weighted by Gasteiger charge is -2.45. The Morgan fingerprint density at radius 3 is 2.35 bits per heavy atom. The molecule has 4 atom stereocenters. The van der Waals surface area contributed by atoms with Gasteiger partial charge in [0.05, 0.1) is 0 Å². The van der Waals surface area contributed by atoms with Gasteiger partial charge in [0.15, 0.2) is 0 Å². The number of alkyl halides is 3. The second kappa shape index (κ2) is 5.57. The molecule has 17 heavy (non-hydrogen) atoms. The van der Waals surface area contributed by atoms with Gasteiger partial charge in [-0.25, -0.2) is 0 Å². The molecule has 4 unspecified atom stereocenters. The van der Waals surface area contributed by atoms with Gasteiger partial charge in [0.2, 0.25) is 0 Å². The van der Waals surface area contributed by atoms with Crippen LogP contribution in [-0.2, 0) is 0 Å². The second-order valence-corrected chi connectivity index (χ2v) is 5.39. The Hall–Kier alpha value is -0.290. The van der Waals surface area contributed by atoms with Crippen LogP contribution in [0.1, 0.15) is 33.6 Å². The molecular weight excluding hydrogens is 229 g/mol. The fourth-order valence-corrected chi connectivity index (χ4v) is 2.85. The Balaban J connectivity index is 2.84. The highest BCUT2D eigenvalue weighted by Gasteiger charge is 2.46. The van der Waals surface area contributed by atoms with Crippen molar-refractivity contribution in [3.8, 4) is 0 Å². The average Bonchev–Trinajstić information content (AvgIpc) is 2.18. The van der Waals surface area contributed by atoms with Crippen molar-refractivity contribution in [3.05, 3.63) is 0 Å². The topological polar surface area (TPSA) is 29.3 Å². The molecule has 0 amide bonds. The first-order valence-corrected chi connectivity index (χ1v) is 6.29. The normalized spacial score (nSPS) is 33.7. The Kier molecular flexibility index (Phi) is 4.84. The summed E-state index contributed by atoms with van der Waals surface area (Å²) in [6, 6.07) is -1.41. The van der Waals surface area contributed by atoms with Gasteiger partial charge in [0.25, 0.3) is 0 Å². The molecule has 1 aliphatic rings. The quantitative estimate of drug-likeness (QED) is 0.836. The Bertz CT molecular complexity index is 242. The largest absolute Gasteiger partial charge is 0.404 e. The molecule has 2 nitrogen and oxygen atoms in total. The molecule has 5 heteroatoms. The van der Waals surface area contributed by atoms with Crippen molar-refractivity contribution in [2.75, 3.05) is 13.1 Å². The molecule has 1 saturated heterocycles. The average molecular weight is 252 g/mol. The van der Waals surface area contributed by atoms with Crippen molar-refractivity contribution in [1.29, 1.82) is 0 Å². The van der Waals surface area contributed by atoms with Gasteiger partial charge in [-0.15, -0.1) is 0 Å². The summed E-state index contributed by atoms with van der Waals surface area (Å²) in [4.78, 5) is 1.60. The van der Waals surface area contributed by atoms with Crippen molar-refractivity contribution in [1.82, 2.24) is 4.90 Å². The summed E-state index contributed by atoms with van der Waals surface area (Å²) in [5.74, 6) is 0.630. The monoisotopic (exact) mass is 252 g/mol. The van der Waals surface area contributed by atoms with Gasteiger partial charge in [-0.05, 0) is 38.1 Å². The van der Waals surface area contributed by atoms with E-state index in [1.807, 2.05) is 20.8 Å². The van der Waals surface area contributed by atoms with Gasteiger partial charge in [-0.3, -0.25) is 4.90 Å². The van der Waals surface area contributed by atoms with E-state index in [0.29, 0.717) is 18.4 Å². The van der Waals surface area contributed by atoms with Gasteiger partial charge < -0.3 is 5.73 Å². The van der Waals surface area contributed by atoms with Crippen LogP contribution in [0.15, 0.2) is 0 Å². The Morgan fingerprint density at radius 2 is 1.88 bits per heavy atom. The van der Waals surface area contributed by atoms with E-state index in [-0.39, 0.29) is 19.0 Å². The molecule has 0 bridgehead atoms. The minimum absolute atomic E-state index is 0.00667. The number of hydrogen-bond acceptors (Lipinski definition) is 2. The first-order valence-electron chi connectivity index (χ1n) is 6.29.